The van der Waals surface area contributed by atoms with E-state index in [-0.39, 0.29) is 11.7 Å². The van der Waals surface area contributed by atoms with Crippen molar-refractivity contribution in [1.82, 2.24) is 4.98 Å². The van der Waals surface area contributed by atoms with E-state index in [1.165, 1.54) is 17.4 Å². The molecule has 174 valence electrons. The van der Waals surface area contributed by atoms with E-state index in [1.54, 1.807) is 48.0 Å². The highest BCUT2D eigenvalue weighted by atomic mass is 35.5. The number of thiazole rings is 1. The Hall–Kier alpha value is -2.97. The average molecular weight is 514 g/mol. The molecule has 9 heteroatoms. The number of hydrogen-bond donors (Lipinski definition) is 2. The smallest absolute Gasteiger partial charge is 0.292 e. The number of nitro groups is 1. The molecule has 1 aromatic heterocycles. The van der Waals surface area contributed by atoms with E-state index in [2.05, 4.69) is 10.3 Å². The zero-order chi connectivity index (χ0) is 24.3. The van der Waals surface area contributed by atoms with Crippen molar-refractivity contribution < 1.29 is 10.0 Å². The van der Waals surface area contributed by atoms with Gasteiger partial charge in [-0.25, -0.2) is 4.98 Å². The molecule has 0 spiro atoms. The molecule has 0 aliphatic carbocycles. The number of aliphatic hydroxyl groups is 1. The third-order valence-electron chi connectivity index (χ3n) is 5.47. The predicted octanol–water partition coefficient (Wildman–Crippen LogP) is 6.69. The Balaban J connectivity index is 1.74. The lowest BCUT2D eigenvalue weighted by Gasteiger charge is -2.28. The number of nitrogens with one attached hydrogen (secondary N) is 1. The molecular weight excluding hydrogens is 493 g/mol. The second-order valence-electron chi connectivity index (χ2n) is 7.92. The Kier molecular flexibility index (Phi) is 7.19. The molecule has 1 heterocycles. The molecule has 4 rings (SSSR count). The molecule has 0 amide bonds. The third kappa shape index (κ3) is 5.08. The summed E-state index contributed by atoms with van der Waals surface area (Å²) in [5.74, 6) is 0. The summed E-state index contributed by atoms with van der Waals surface area (Å²) < 4.78 is 0. The van der Waals surface area contributed by atoms with E-state index in [1.807, 2.05) is 31.2 Å². The number of aromatic nitrogens is 1. The van der Waals surface area contributed by atoms with Gasteiger partial charge in [0, 0.05) is 33.7 Å². The normalized spacial score (nSPS) is 13.8. The van der Waals surface area contributed by atoms with Gasteiger partial charge in [-0.1, -0.05) is 47.5 Å². The molecule has 6 nitrogen and oxygen atoms in total. The lowest BCUT2D eigenvalue weighted by Crippen LogP contribution is -2.29. The van der Waals surface area contributed by atoms with Gasteiger partial charge in [0.2, 0.25) is 0 Å². The largest absolute Gasteiger partial charge is 0.377 e. The Morgan fingerprint density at radius 3 is 2.26 bits per heavy atom. The van der Waals surface area contributed by atoms with Gasteiger partial charge in [0.05, 0.1) is 4.92 Å². The number of halogens is 2. The maximum Gasteiger partial charge on any atom is 0.292 e. The number of anilines is 1. The molecule has 2 N–H and O–H groups in total. The summed E-state index contributed by atoms with van der Waals surface area (Å²) in [5.41, 5.74) is 0.683. The van der Waals surface area contributed by atoms with Crippen LogP contribution in [0.15, 0.2) is 78.3 Å². The van der Waals surface area contributed by atoms with Crippen LogP contribution in [0.5, 0.6) is 0 Å². The Bertz CT molecular complexity index is 1280. The van der Waals surface area contributed by atoms with Crippen LogP contribution in [-0.4, -0.2) is 21.1 Å². The lowest BCUT2D eigenvalue weighted by molar-refractivity contribution is -0.384. The van der Waals surface area contributed by atoms with Crippen molar-refractivity contribution in [3.05, 3.63) is 120 Å². The molecule has 0 saturated carbocycles. The van der Waals surface area contributed by atoms with E-state index in [0.29, 0.717) is 38.3 Å². The van der Waals surface area contributed by atoms with Gasteiger partial charge >= 0.3 is 0 Å². The van der Waals surface area contributed by atoms with Crippen molar-refractivity contribution in [1.29, 1.82) is 0 Å². The van der Waals surface area contributed by atoms with Crippen LogP contribution < -0.4 is 5.32 Å². The highest BCUT2D eigenvalue weighted by Crippen LogP contribution is 2.41. The van der Waals surface area contributed by atoms with E-state index < -0.39 is 10.5 Å². The molecule has 34 heavy (non-hydrogen) atoms. The van der Waals surface area contributed by atoms with Crippen LogP contribution in [0, 0.1) is 10.1 Å². The molecule has 0 bridgehead atoms. The SMILES string of the molecule is CC(Cc1ccc(Cl)cc1)Nc1cc(C(O)(c2ccc(Cl)cc2)c2nccs2)ccc1[N+](=O)[O-]. The number of nitro benzene ring substituents is 1. The minimum Gasteiger partial charge on any atom is -0.377 e. The average Bonchev–Trinajstić information content (AvgIpc) is 3.36. The van der Waals surface area contributed by atoms with Crippen LogP contribution in [0.25, 0.3) is 0 Å². The zero-order valence-electron chi connectivity index (χ0n) is 18.1. The number of benzene rings is 3. The van der Waals surface area contributed by atoms with Gasteiger partial charge in [-0.2, -0.15) is 0 Å². The number of hydrogen-bond acceptors (Lipinski definition) is 6. The quantitative estimate of drug-likeness (QED) is 0.202. The summed E-state index contributed by atoms with van der Waals surface area (Å²) in [5, 5.41) is 30.4. The van der Waals surface area contributed by atoms with E-state index >= 15 is 0 Å². The fraction of sp³-hybridized carbons (Fsp3) is 0.160. The minimum absolute atomic E-state index is 0.0794. The van der Waals surface area contributed by atoms with Gasteiger partial charge in [0.15, 0.2) is 5.60 Å². The Labute approximate surface area is 211 Å². The van der Waals surface area contributed by atoms with Crippen LogP contribution in [0.1, 0.15) is 28.6 Å². The first-order chi connectivity index (χ1) is 16.3. The van der Waals surface area contributed by atoms with Crippen LogP contribution >= 0.6 is 34.5 Å². The second kappa shape index (κ2) is 10.1. The number of rotatable bonds is 8. The van der Waals surface area contributed by atoms with Crippen molar-refractivity contribution in [3.63, 3.8) is 0 Å². The molecule has 2 unspecified atom stereocenters. The van der Waals surface area contributed by atoms with E-state index in [9.17, 15) is 15.2 Å². The van der Waals surface area contributed by atoms with Gasteiger partial charge in [-0.05, 0) is 66.4 Å². The zero-order valence-corrected chi connectivity index (χ0v) is 20.4. The van der Waals surface area contributed by atoms with Crippen molar-refractivity contribution in [2.24, 2.45) is 0 Å². The topological polar surface area (TPSA) is 88.3 Å². The predicted molar refractivity (Wildman–Crippen MR) is 137 cm³/mol. The molecule has 3 aromatic carbocycles. The second-order valence-corrected chi connectivity index (χ2v) is 9.69. The Morgan fingerprint density at radius 1 is 1.06 bits per heavy atom. The van der Waals surface area contributed by atoms with Gasteiger partial charge in [0.1, 0.15) is 10.7 Å². The van der Waals surface area contributed by atoms with E-state index in [0.717, 1.165) is 5.56 Å². The highest BCUT2D eigenvalue weighted by molar-refractivity contribution is 7.09. The van der Waals surface area contributed by atoms with Gasteiger partial charge in [-0.15, -0.1) is 11.3 Å². The van der Waals surface area contributed by atoms with Gasteiger partial charge < -0.3 is 10.4 Å². The van der Waals surface area contributed by atoms with Crippen LogP contribution in [-0.2, 0) is 12.0 Å². The molecule has 4 aromatic rings. The van der Waals surface area contributed by atoms with Crippen LogP contribution in [0.2, 0.25) is 10.0 Å². The third-order valence-corrected chi connectivity index (χ3v) is 6.86. The fourth-order valence-corrected chi connectivity index (χ4v) is 4.86. The summed E-state index contributed by atoms with van der Waals surface area (Å²) in [7, 11) is 0. The van der Waals surface area contributed by atoms with Crippen molar-refractivity contribution in [2.45, 2.75) is 25.0 Å². The summed E-state index contributed by atoms with van der Waals surface area (Å²) in [6.45, 7) is 1.94. The summed E-state index contributed by atoms with van der Waals surface area (Å²) >= 11 is 13.3. The first kappa shape index (κ1) is 24.2. The molecule has 2 atom stereocenters. The van der Waals surface area contributed by atoms with E-state index in [4.69, 9.17) is 23.2 Å². The first-order valence-corrected chi connectivity index (χ1v) is 12.1. The molecule has 0 aliphatic heterocycles. The molecule has 0 radical (unpaired) electrons. The summed E-state index contributed by atoms with van der Waals surface area (Å²) in [6, 6.07) is 18.8. The summed E-state index contributed by atoms with van der Waals surface area (Å²) in [6.07, 6.45) is 2.24. The van der Waals surface area contributed by atoms with Crippen LogP contribution in [0.3, 0.4) is 0 Å². The van der Waals surface area contributed by atoms with Crippen LogP contribution in [0.4, 0.5) is 11.4 Å². The maximum atomic E-state index is 11.9. The van der Waals surface area contributed by atoms with Gasteiger partial charge in [0.25, 0.3) is 5.69 Å². The van der Waals surface area contributed by atoms with Crippen molar-refractivity contribution >= 4 is 45.9 Å². The molecule has 0 saturated heterocycles. The molecule has 0 fully saturated rings. The van der Waals surface area contributed by atoms with Gasteiger partial charge in [-0.3, -0.25) is 10.1 Å². The highest BCUT2D eigenvalue weighted by Gasteiger charge is 2.37. The minimum atomic E-state index is -1.61. The fourth-order valence-electron chi connectivity index (χ4n) is 3.83. The van der Waals surface area contributed by atoms with Crippen molar-refractivity contribution in [3.8, 4) is 0 Å². The summed E-state index contributed by atoms with van der Waals surface area (Å²) in [4.78, 5) is 15.7. The first-order valence-electron chi connectivity index (χ1n) is 10.5. The molecular formula is C25H21Cl2N3O3S. The van der Waals surface area contributed by atoms with Crippen molar-refractivity contribution in [2.75, 3.05) is 5.32 Å². The standard InChI is InChI=1S/C25H21Cl2N3O3S/c1-16(14-17-2-7-20(26)8-3-17)29-22-15-19(6-11-23(22)30(32)33)25(31,24-28-12-13-34-24)18-4-9-21(27)10-5-18/h2-13,15-16,29,31H,14H2,1H3. The maximum absolute atomic E-state index is 11.9. The number of nitrogens with zero attached hydrogens (tertiary/aromatic N) is 2. The lowest BCUT2D eigenvalue weighted by atomic mass is 9.86. The monoisotopic (exact) mass is 513 g/mol. The molecule has 0 aliphatic rings. The Morgan fingerprint density at radius 2 is 1.68 bits per heavy atom.